The number of imidazole rings is 1. The number of halogens is 2. The molecule has 2 atom stereocenters. The lowest BCUT2D eigenvalue weighted by Crippen LogP contribution is -2.57. The number of aromatic nitrogens is 3. The minimum Gasteiger partial charge on any atom is -0.367 e. The van der Waals surface area contributed by atoms with E-state index < -0.39 is 0 Å². The number of piperidine rings is 1. The van der Waals surface area contributed by atoms with Crippen molar-refractivity contribution in [3.8, 4) is 11.1 Å². The summed E-state index contributed by atoms with van der Waals surface area (Å²) < 4.78 is 15.7. The maximum atomic E-state index is 13.7. The number of nitrogens with zero attached hydrogens (tertiary/aromatic N) is 3. The third-order valence-electron chi connectivity index (χ3n) is 7.53. The first-order chi connectivity index (χ1) is 16.6. The van der Waals surface area contributed by atoms with Crippen molar-refractivity contribution < 1.29 is 4.39 Å². The predicted octanol–water partition coefficient (Wildman–Crippen LogP) is 5.88. The summed E-state index contributed by atoms with van der Waals surface area (Å²) in [4.78, 5) is 9.11. The second kappa shape index (κ2) is 8.67. The van der Waals surface area contributed by atoms with Crippen LogP contribution in [-0.4, -0.2) is 33.7 Å². The molecule has 2 fully saturated rings. The van der Waals surface area contributed by atoms with E-state index in [0.29, 0.717) is 23.0 Å². The van der Waals surface area contributed by atoms with Crippen molar-refractivity contribution in [3.05, 3.63) is 77.5 Å². The highest BCUT2D eigenvalue weighted by Crippen LogP contribution is 2.47. The number of anilines is 1. The normalized spacial score (nSPS) is 22.1. The number of nitrogens with one attached hydrogen (secondary N) is 2. The number of fused-ring (bicyclic) bond motifs is 1. The van der Waals surface area contributed by atoms with Gasteiger partial charge in [0.1, 0.15) is 11.6 Å². The summed E-state index contributed by atoms with van der Waals surface area (Å²) >= 11 is 6.61. The van der Waals surface area contributed by atoms with Gasteiger partial charge in [-0.2, -0.15) is 0 Å². The van der Waals surface area contributed by atoms with Crippen molar-refractivity contribution in [2.45, 2.75) is 38.3 Å². The Morgan fingerprint density at radius 1 is 1.15 bits per heavy atom. The summed E-state index contributed by atoms with van der Waals surface area (Å²) in [5.74, 6) is 0.630. The Kier molecular flexibility index (Phi) is 5.50. The van der Waals surface area contributed by atoms with Crippen LogP contribution in [0.4, 0.5) is 10.2 Å². The number of hydrogen-bond acceptors (Lipinski definition) is 4. The van der Waals surface area contributed by atoms with Crippen LogP contribution in [0.15, 0.2) is 61.1 Å². The average molecular weight is 476 g/mol. The Balaban J connectivity index is 1.29. The summed E-state index contributed by atoms with van der Waals surface area (Å²) in [5.41, 5.74) is 5.06. The zero-order valence-electron chi connectivity index (χ0n) is 18.9. The van der Waals surface area contributed by atoms with Gasteiger partial charge in [0.15, 0.2) is 0 Å². The molecule has 7 heteroatoms. The molecule has 0 amide bonds. The van der Waals surface area contributed by atoms with E-state index in [1.54, 1.807) is 24.7 Å². The maximum absolute atomic E-state index is 13.7. The van der Waals surface area contributed by atoms with Crippen LogP contribution in [-0.2, 0) is 6.54 Å². The van der Waals surface area contributed by atoms with E-state index in [9.17, 15) is 4.39 Å². The molecule has 1 saturated carbocycles. The van der Waals surface area contributed by atoms with Gasteiger partial charge < -0.3 is 15.2 Å². The SMILES string of the molecule is Fc1cccc(Cn2cnc3ccc(-c4cc(NC5CCC56CCCNC6)ncc4Cl)cc32)c1. The van der Waals surface area contributed by atoms with Crippen molar-refractivity contribution in [2.75, 3.05) is 18.4 Å². The third kappa shape index (κ3) is 3.95. The lowest BCUT2D eigenvalue weighted by molar-refractivity contribution is 0.0721. The van der Waals surface area contributed by atoms with Crippen LogP contribution in [0.2, 0.25) is 5.02 Å². The van der Waals surface area contributed by atoms with Gasteiger partial charge in [0, 0.05) is 36.3 Å². The van der Waals surface area contributed by atoms with Crippen molar-refractivity contribution >= 4 is 28.5 Å². The van der Waals surface area contributed by atoms with Gasteiger partial charge in [0.05, 0.1) is 22.4 Å². The molecular weight excluding hydrogens is 449 g/mol. The summed E-state index contributed by atoms with van der Waals surface area (Å²) in [6.45, 7) is 2.75. The second-order valence-corrected chi connectivity index (χ2v) is 10.0. The van der Waals surface area contributed by atoms with Crippen LogP contribution in [0.25, 0.3) is 22.2 Å². The van der Waals surface area contributed by atoms with Gasteiger partial charge in [-0.15, -0.1) is 0 Å². The lowest BCUT2D eigenvalue weighted by atomic mass is 9.60. The largest absolute Gasteiger partial charge is 0.367 e. The molecule has 1 spiro atoms. The van der Waals surface area contributed by atoms with Gasteiger partial charge in [0.2, 0.25) is 0 Å². The Morgan fingerprint density at radius 2 is 2.09 bits per heavy atom. The lowest BCUT2D eigenvalue weighted by Gasteiger charge is -2.52. The second-order valence-electron chi connectivity index (χ2n) is 9.63. The predicted molar refractivity (Wildman–Crippen MR) is 135 cm³/mol. The fourth-order valence-electron chi connectivity index (χ4n) is 5.52. The first kappa shape index (κ1) is 21.6. The minimum atomic E-state index is -0.233. The molecule has 3 heterocycles. The van der Waals surface area contributed by atoms with E-state index in [2.05, 4.69) is 32.7 Å². The molecular formula is C27H27ClFN5. The first-order valence-electron chi connectivity index (χ1n) is 11.9. The highest BCUT2D eigenvalue weighted by Gasteiger charge is 2.47. The quantitative estimate of drug-likeness (QED) is 0.378. The summed E-state index contributed by atoms with van der Waals surface area (Å²) in [5, 5.41) is 7.88. The molecule has 2 aromatic heterocycles. The van der Waals surface area contributed by atoms with E-state index in [1.165, 1.54) is 31.7 Å². The van der Waals surface area contributed by atoms with Crippen molar-refractivity contribution in [2.24, 2.45) is 5.41 Å². The highest BCUT2D eigenvalue weighted by molar-refractivity contribution is 6.33. The Morgan fingerprint density at radius 3 is 2.88 bits per heavy atom. The van der Waals surface area contributed by atoms with Gasteiger partial charge in [-0.1, -0.05) is 29.8 Å². The van der Waals surface area contributed by atoms with Gasteiger partial charge in [0.25, 0.3) is 0 Å². The molecule has 2 unspecified atom stereocenters. The van der Waals surface area contributed by atoms with Crippen LogP contribution in [0.3, 0.4) is 0 Å². The molecule has 1 saturated heterocycles. The Bertz CT molecular complexity index is 1340. The Labute approximate surface area is 203 Å². The molecule has 6 rings (SSSR count). The van der Waals surface area contributed by atoms with Crippen LogP contribution >= 0.6 is 11.6 Å². The van der Waals surface area contributed by atoms with Crippen molar-refractivity contribution in [3.63, 3.8) is 0 Å². The van der Waals surface area contributed by atoms with Crippen molar-refractivity contribution in [1.82, 2.24) is 19.9 Å². The number of pyridine rings is 1. The number of hydrogen-bond donors (Lipinski definition) is 2. The average Bonchev–Trinajstić information content (AvgIpc) is 3.25. The third-order valence-corrected chi connectivity index (χ3v) is 7.83. The number of benzene rings is 2. The van der Waals surface area contributed by atoms with Crippen LogP contribution in [0.5, 0.6) is 0 Å². The molecule has 1 aliphatic heterocycles. The first-order valence-corrected chi connectivity index (χ1v) is 12.3. The van der Waals surface area contributed by atoms with Crippen molar-refractivity contribution in [1.29, 1.82) is 0 Å². The molecule has 2 aliphatic rings. The molecule has 5 nitrogen and oxygen atoms in total. The van der Waals surface area contributed by atoms with Crippen LogP contribution in [0.1, 0.15) is 31.2 Å². The monoisotopic (exact) mass is 475 g/mol. The zero-order valence-corrected chi connectivity index (χ0v) is 19.7. The van der Waals surface area contributed by atoms with E-state index in [-0.39, 0.29) is 5.82 Å². The minimum absolute atomic E-state index is 0.233. The van der Waals surface area contributed by atoms with Crippen LogP contribution < -0.4 is 10.6 Å². The summed E-state index contributed by atoms with van der Waals surface area (Å²) in [6, 6.07) is 15.3. The molecule has 0 radical (unpaired) electrons. The molecule has 2 aromatic carbocycles. The standard InChI is InChI=1S/C27H27ClFN5/c28-22-14-31-26(33-25-7-9-27(25)8-2-10-30-16-27)13-21(22)19-5-6-23-24(12-19)34(17-32-23)15-18-3-1-4-20(29)11-18/h1,3-6,11-14,17,25,30H,2,7-10,15-16H2,(H,31,33). The van der Waals surface area contributed by atoms with Gasteiger partial charge >= 0.3 is 0 Å². The zero-order chi connectivity index (χ0) is 23.1. The Hall–Kier alpha value is -2.96. The molecule has 0 bridgehead atoms. The fraction of sp³-hybridized carbons (Fsp3) is 0.333. The fourth-order valence-corrected chi connectivity index (χ4v) is 5.74. The summed E-state index contributed by atoms with van der Waals surface area (Å²) in [7, 11) is 0. The molecule has 174 valence electrons. The van der Waals surface area contributed by atoms with E-state index >= 15 is 0 Å². The smallest absolute Gasteiger partial charge is 0.126 e. The van der Waals surface area contributed by atoms with Gasteiger partial charge in [-0.25, -0.2) is 14.4 Å². The molecule has 4 aromatic rings. The maximum Gasteiger partial charge on any atom is 0.126 e. The van der Waals surface area contributed by atoms with Crippen LogP contribution in [0, 0.1) is 11.2 Å². The van der Waals surface area contributed by atoms with E-state index in [0.717, 1.165) is 46.6 Å². The molecule has 34 heavy (non-hydrogen) atoms. The number of rotatable bonds is 5. The van der Waals surface area contributed by atoms with E-state index in [1.807, 2.05) is 22.8 Å². The topological polar surface area (TPSA) is 54.8 Å². The van der Waals surface area contributed by atoms with Gasteiger partial charge in [-0.05, 0) is 73.7 Å². The van der Waals surface area contributed by atoms with E-state index in [4.69, 9.17) is 11.6 Å². The highest BCUT2D eigenvalue weighted by atomic mass is 35.5. The molecule has 2 N–H and O–H groups in total. The summed E-state index contributed by atoms with van der Waals surface area (Å²) in [6.07, 6.45) is 8.48. The molecule has 1 aliphatic carbocycles. The van der Waals surface area contributed by atoms with Gasteiger partial charge in [-0.3, -0.25) is 0 Å².